The zero-order valence-electron chi connectivity index (χ0n) is 49.1. The van der Waals surface area contributed by atoms with Gasteiger partial charge in [-0.15, -0.1) is 0 Å². The SMILES string of the molecule is CCC/C=C\C/C=C\CCCCCCCC(=O)OCCCCCCCCCCCCCCCCCCCCCCCCCCCC(=O)NC(CO)C(O)/C=C/CCCCCCCCCCCCCCCCCC. The van der Waals surface area contributed by atoms with Gasteiger partial charge in [-0.1, -0.05) is 320 Å². The third kappa shape index (κ3) is 59.2. The highest BCUT2D eigenvalue weighted by atomic mass is 16.5. The first-order chi connectivity index (χ1) is 36.0. The van der Waals surface area contributed by atoms with Gasteiger partial charge in [0, 0.05) is 12.8 Å². The van der Waals surface area contributed by atoms with E-state index in [-0.39, 0.29) is 18.5 Å². The highest BCUT2D eigenvalue weighted by Crippen LogP contribution is 2.18. The fourth-order valence-corrected chi connectivity index (χ4v) is 10.1. The molecule has 0 aliphatic rings. The van der Waals surface area contributed by atoms with E-state index in [2.05, 4.69) is 43.5 Å². The van der Waals surface area contributed by atoms with Crippen molar-refractivity contribution in [1.82, 2.24) is 5.32 Å². The molecule has 0 radical (unpaired) electrons. The summed E-state index contributed by atoms with van der Waals surface area (Å²) in [4.78, 5) is 24.5. The molecule has 2 atom stereocenters. The first kappa shape index (κ1) is 71.1. The normalized spacial score (nSPS) is 12.8. The summed E-state index contributed by atoms with van der Waals surface area (Å²) in [6, 6.07) is -0.627. The van der Waals surface area contributed by atoms with Crippen molar-refractivity contribution in [2.24, 2.45) is 0 Å². The number of aliphatic hydroxyl groups is 2. The van der Waals surface area contributed by atoms with Crippen molar-refractivity contribution in [3.63, 3.8) is 0 Å². The van der Waals surface area contributed by atoms with Crippen LogP contribution in [0.5, 0.6) is 0 Å². The standard InChI is InChI=1S/C67H127NO5/c1-3-5-7-9-11-13-15-17-18-19-29-32-36-39-43-47-51-55-59-65(70)64(63-69)68-66(71)60-56-52-48-44-40-37-33-30-27-25-23-21-20-22-24-26-28-31-34-38-42-46-50-54-58-62-73-67(72)61-57-53-49-45-41-35-16-14-12-10-8-6-4-2/h8,10,14,16,55,59,64-65,69-70H,3-7,9,11-13,15,17-54,56-58,60-63H2,1-2H3,(H,68,71)/b10-8-,16-14-,59-55+. The molecule has 6 heteroatoms. The molecule has 73 heavy (non-hydrogen) atoms. The molecule has 0 aromatic carbocycles. The van der Waals surface area contributed by atoms with Gasteiger partial charge in [-0.05, 0) is 57.8 Å². The Labute approximate surface area is 455 Å². The lowest BCUT2D eigenvalue weighted by atomic mass is 10.0. The Hall–Kier alpha value is -1.92. The lowest BCUT2D eigenvalue weighted by Gasteiger charge is -2.20. The van der Waals surface area contributed by atoms with Gasteiger partial charge in [0.15, 0.2) is 0 Å². The van der Waals surface area contributed by atoms with Crippen LogP contribution in [0.1, 0.15) is 354 Å². The molecule has 3 N–H and O–H groups in total. The number of esters is 1. The van der Waals surface area contributed by atoms with Gasteiger partial charge in [0.1, 0.15) is 0 Å². The molecule has 0 saturated carbocycles. The molecule has 0 aromatic rings. The molecule has 0 aromatic heterocycles. The Morgan fingerprint density at radius 1 is 0.384 bits per heavy atom. The molecule has 1 amide bonds. The predicted octanol–water partition coefficient (Wildman–Crippen LogP) is 20.8. The van der Waals surface area contributed by atoms with Crippen molar-refractivity contribution in [2.45, 2.75) is 366 Å². The lowest BCUT2D eigenvalue weighted by molar-refractivity contribution is -0.143. The summed E-state index contributed by atoms with van der Waals surface area (Å²) in [5.41, 5.74) is 0. The zero-order chi connectivity index (χ0) is 52.9. The molecule has 0 saturated heterocycles. The smallest absolute Gasteiger partial charge is 0.305 e. The number of allylic oxidation sites excluding steroid dienone is 5. The van der Waals surface area contributed by atoms with Gasteiger partial charge in [-0.3, -0.25) is 9.59 Å². The highest BCUT2D eigenvalue weighted by molar-refractivity contribution is 5.76. The van der Waals surface area contributed by atoms with Crippen molar-refractivity contribution < 1.29 is 24.5 Å². The van der Waals surface area contributed by atoms with Gasteiger partial charge < -0.3 is 20.3 Å². The number of rotatable bonds is 61. The Morgan fingerprint density at radius 2 is 0.712 bits per heavy atom. The number of hydrogen-bond acceptors (Lipinski definition) is 5. The topological polar surface area (TPSA) is 95.9 Å². The Bertz CT molecular complexity index is 1180. The molecule has 0 aliphatic heterocycles. The van der Waals surface area contributed by atoms with Gasteiger partial charge >= 0.3 is 5.97 Å². The number of carbonyl (C=O) groups excluding carboxylic acids is 2. The fraction of sp³-hybridized carbons (Fsp3) is 0.881. The molecule has 6 nitrogen and oxygen atoms in total. The maximum atomic E-state index is 12.5. The molecular weight excluding hydrogens is 899 g/mol. The van der Waals surface area contributed by atoms with Gasteiger partial charge in [-0.2, -0.15) is 0 Å². The van der Waals surface area contributed by atoms with Crippen LogP contribution < -0.4 is 5.32 Å². The maximum Gasteiger partial charge on any atom is 0.305 e. The van der Waals surface area contributed by atoms with Crippen molar-refractivity contribution in [2.75, 3.05) is 13.2 Å². The quantitative estimate of drug-likeness (QED) is 0.0320. The number of ether oxygens (including phenoxy) is 1. The second-order valence-corrected chi connectivity index (χ2v) is 22.5. The molecule has 0 heterocycles. The first-order valence-corrected chi connectivity index (χ1v) is 32.8. The zero-order valence-corrected chi connectivity index (χ0v) is 49.1. The van der Waals surface area contributed by atoms with Crippen LogP contribution in [0.3, 0.4) is 0 Å². The van der Waals surface area contributed by atoms with Crippen LogP contribution in [-0.4, -0.2) is 47.4 Å². The molecule has 2 unspecified atom stereocenters. The van der Waals surface area contributed by atoms with E-state index in [4.69, 9.17) is 4.74 Å². The largest absolute Gasteiger partial charge is 0.466 e. The third-order valence-electron chi connectivity index (χ3n) is 15.1. The molecule has 0 spiro atoms. The number of nitrogens with one attached hydrogen (secondary N) is 1. The van der Waals surface area contributed by atoms with Crippen molar-refractivity contribution in [3.05, 3.63) is 36.5 Å². The van der Waals surface area contributed by atoms with Gasteiger partial charge in [0.05, 0.1) is 25.4 Å². The van der Waals surface area contributed by atoms with Crippen molar-refractivity contribution >= 4 is 11.9 Å². The highest BCUT2D eigenvalue weighted by Gasteiger charge is 2.18. The molecule has 0 rings (SSSR count). The van der Waals surface area contributed by atoms with Crippen LogP contribution in [0.4, 0.5) is 0 Å². The average molecular weight is 1030 g/mol. The maximum absolute atomic E-state index is 12.5. The molecule has 0 aliphatic carbocycles. The summed E-state index contributed by atoms with van der Waals surface area (Å²) in [7, 11) is 0. The summed E-state index contributed by atoms with van der Waals surface area (Å²) in [5, 5.41) is 23.2. The first-order valence-electron chi connectivity index (χ1n) is 32.8. The summed E-state index contributed by atoms with van der Waals surface area (Å²) in [5.74, 6) is -0.0631. The molecule has 430 valence electrons. The Kier molecular flexibility index (Phi) is 61.0. The molecular formula is C67H127NO5. The number of carbonyl (C=O) groups is 2. The van der Waals surface area contributed by atoms with Gasteiger partial charge in [0.2, 0.25) is 5.91 Å². The summed E-state index contributed by atoms with van der Waals surface area (Å²) in [6.45, 7) is 4.86. The minimum atomic E-state index is -0.844. The summed E-state index contributed by atoms with van der Waals surface area (Å²) in [6.07, 6.45) is 79.1. The summed E-state index contributed by atoms with van der Waals surface area (Å²) < 4.78 is 5.47. The van der Waals surface area contributed by atoms with E-state index in [1.165, 1.54) is 276 Å². The number of hydrogen-bond donors (Lipinski definition) is 3. The second kappa shape index (κ2) is 62.6. The number of amides is 1. The summed E-state index contributed by atoms with van der Waals surface area (Å²) >= 11 is 0. The number of unbranched alkanes of at least 4 members (excludes halogenated alkanes) is 46. The fourth-order valence-electron chi connectivity index (χ4n) is 10.1. The lowest BCUT2D eigenvalue weighted by Crippen LogP contribution is -2.45. The molecule has 0 bridgehead atoms. The minimum Gasteiger partial charge on any atom is -0.466 e. The van der Waals surface area contributed by atoms with E-state index < -0.39 is 12.1 Å². The third-order valence-corrected chi connectivity index (χ3v) is 15.1. The van der Waals surface area contributed by atoms with Crippen LogP contribution in [0, 0.1) is 0 Å². The Morgan fingerprint density at radius 3 is 1.10 bits per heavy atom. The average Bonchev–Trinajstić information content (AvgIpc) is 3.39. The Balaban J connectivity index is 3.39. The number of aliphatic hydroxyl groups excluding tert-OH is 2. The van der Waals surface area contributed by atoms with E-state index in [1.807, 2.05) is 6.08 Å². The van der Waals surface area contributed by atoms with E-state index >= 15 is 0 Å². The van der Waals surface area contributed by atoms with E-state index in [9.17, 15) is 19.8 Å². The molecule has 0 fully saturated rings. The second-order valence-electron chi connectivity index (χ2n) is 22.5. The van der Waals surface area contributed by atoms with E-state index in [1.54, 1.807) is 6.08 Å². The minimum absolute atomic E-state index is 0.000719. The van der Waals surface area contributed by atoms with Gasteiger partial charge in [-0.25, -0.2) is 0 Å². The van der Waals surface area contributed by atoms with Crippen molar-refractivity contribution in [3.8, 4) is 0 Å². The van der Waals surface area contributed by atoms with Gasteiger partial charge in [0.25, 0.3) is 0 Å². The van der Waals surface area contributed by atoms with Crippen molar-refractivity contribution in [1.29, 1.82) is 0 Å². The van der Waals surface area contributed by atoms with Crippen LogP contribution >= 0.6 is 0 Å². The van der Waals surface area contributed by atoms with Crippen LogP contribution in [-0.2, 0) is 14.3 Å². The van der Waals surface area contributed by atoms with Crippen LogP contribution in [0.15, 0.2) is 36.5 Å². The monoisotopic (exact) mass is 1030 g/mol. The predicted molar refractivity (Wildman–Crippen MR) is 319 cm³/mol. The van der Waals surface area contributed by atoms with Crippen LogP contribution in [0.2, 0.25) is 0 Å². The van der Waals surface area contributed by atoms with Crippen LogP contribution in [0.25, 0.3) is 0 Å². The van der Waals surface area contributed by atoms with E-state index in [0.717, 1.165) is 51.4 Å². The van der Waals surface area contributed by atoms with E-state index in [0.29, 0.717) is 19.4 Å².